The van der Waals surface area contributed by atoms with Crippen LogP contribution in [0.2, 0.25) is 0 Å². The summed E-state index contributed by atoms with van der Waals surface area (Å²) in [6.45, 7) is 1.75. The van der Waals surface area contributed by atoms with Crippen molar-refractivity contribution in [3.63, 3.8) is 0 Å². The maximum atomic E-state index is 14.0. The van der Waals surface area contributed by atoms with E-state index < -0.39 is 11.0 Å². The molecule has 1 aliphatic heterocycles. The van der Waals surface area contributed by atoms with Gasteiger partial charge >= 0.3 is 0 Å². The Morgan fingerprint density at radius 2 is 1.80 bits per heavy atom. The van der Waals surface area contributed by atoms with Crippen molar-refractivity contribution in [2.45, 2.75) is 13.0 Å². The number of rotatable bonds is 8. The third-order valence-corrected chi connectivity index (χ3v) is 8.27. The number of methoxy groups -OCH3 is 2. The highest BCUT2D eigenvalue weighted by Crippen LogP contribution is 2.35. The molecule has 1 aliphatic rings. The van der Waals surface area contributed by atoms with Gasteiger partial charge in [0.25, 0.3) is 17.2 Å². The van der Waals surface area contributed by atoms with E-state index in [1.807, 2.05) is 30.3 Å². The van der Waals surface area contributed by atoms with Crippen LogP contribution < -0.4 is 29.7 Å². The number of carbonyl (C=O) groups excluding carboxylic acids is 1. The first-order chi connectivity index (χ1) is 21.8. The third kappa shape index (κ3) is 5.66. The highest BCUT2D eigenvalue weighted by atomic mass is 32.1. The van der Waals surface area contributed by atoms with E-state index in [2.05, 4.69) is 10.3 Å². The van der Waals surface area contributed by atoms with E-state index in [0.29, 0.717) is 60.4 Å². The number of non-ortho nitro benzene ring substituents is 1. The molecule has 1 amide bonds. The second kappa shape index (κ2) is 12.1. The van der Waals surface area contributed by atoms with Crippen molar-refractivity contribution in [3.8, 4) is 22.8 Å². The highest BCUT2D eigenvalue weighted by Gasteiger charge is 2.32. The van der Waals surface area contributed by atoms with Gasteiger partial charge in [0, 0.05) is 23.9 Å². The molecule has 11 nitrogen and oxygen atoms in total. The minimum atomic E-state index is -0.765. The number of hydrogen-bond acceptors (Lipinski definition) is 9. The number of para-hydroxylation sites is 1. The van der Waals surface area contributed by atoms with Gasteiger partial charge in [-0.15, -0.1) is 0 Å². The van der Waals surface area contributed by atoms with Gasteiger partial charge in [0.1, 0.15) is 23.0 Å². The van der Waals surface area contributed by atoms with E-state index in [-0.39, 0.29) is 17.2 Å². The van der Waals surface area contributed by atoms with Gasteiger partial charge in [-0.1, -0.05) is 41.7 Å². The highest BCUT2D eigenvalue weighted by molar-refractivity contribution is 7.07. The first-order valence-corrected chi connectivity index (χ1v) is 14.5. The number of furan rings is 1. The monoisotopic (exact) mass is 622 g/mol. The van der Waals surface area contributed by atoms with Crippen LogP contribution in [0.5, 0.6) is 11.5 Å². The topological polar surface area (TPSA) is 138 Å². The van der Waals surface area contributed by atoms with Crippen LogP contribution in [0.15, 0.2) is 110 Å². The SMILES string of the molecule is COc1ccc([C@H]2C(C(=O)Nc3ccccc3)=C(C)N=c3s/c(=C/c4ccc(-c5cc([N+](=O)[O-])ccc5OC)o4)c(=O)n32)cc1. The summed E-state index contributed by atoms with van der Waals surface area (Å²) in [5, 5.41) is 14.3. The van der Waals surface area contributed by atoms with Crippen LogP contribution >= 0.6 is 11.3 Å². The molecule has 3 heterocycles. The van der Waals surface area contributed by atoms with Crippen molar-refractivity contribution in [1.82, 2.24) is 4.57 Å². The molecule has 12 heteroatoms. The van der Waals surface area contributed by atoms with Gasteiger partial charge in [-0.3, -0.25) is 24.3 Å². The number of allylic oxidation sites excluding steroid dienone is 1. The zero-order valence-corrected chi connectivity index (χ0v) is 25.2. The van der Waals surface area contributed by atoms with Crippen molar-refractivity contribution >= 4 is 34.7 Å². The van der Waals surface area contributed by atoms with Gasteiger partial charge in [0.2, 0.25) is 0 Å². The summed E-state index contributed by atoms with van der Waals surface area (Å²) in [7, 11) is 3.03. The molecule has 1 atom stereocenters. The molecule has 0 radical (unpaired) electrons. The average molecular weight is 623 g/mol. The smallest absolute Gasteiger partial charge is 0.271 e. The number of nitro groups is 1. The lowest BCUT2D eigenvalue weighted by molar-refractivity contribution is -0.384. The molecule has 0 saturated carbocycles. The molecule has 0 unspecified atom stereocenters. The van der Waals surface area contributed by atoms with E-state index in [4.69, 9.17) is 13.9 Å². The third-order valence-electron chi connectivity index (χ3n) is 7.29. The maximum Gasteiger partial charge on any atom is 0.271 e. The molecule has 45 heavy (non-hydrogen) atoms. The van der Waals surface area contributed by atoms with Crippen molar-refractivity contribution in [2.75, 3.05) is 19.5 Å². The van der Waals surface area contributed by atoms with E-state index in [1.165, 1.54) is 41.2 Å². The van der Waals surface area contributed by atoms with E-state index in [9.17, 15) is 19.7 Å². The molecule has 0 spiro atoms. The quantitative estimate of drug-likeness (QED) is 0.189. The molecule has 0 aliphatic carbocycles. The Labute approximate surface area is 260 Å². The Hall–Kier alpha value is -5.75. The largest absolute Gasteiger partial charge is 0.497 e. The van der Waals surface area contributed by atoms with Gasteiger partial charge in [-0.05, 0) is 55.0 Å². The molecule has 1 N–H and O–H groups in total. The lowest BCUT2D eigenvalue weighted by Crippen LogP contribution is -2.40. The number of fused-ring (bicyclic) bond motifs is 1. The number of amides is 1. The zero-order chi connectivity index (χ0) is 31.7. The fraction of sp³-hybridized carbons (Fsp3) is 0.121. The molecule has 2 aromatic heterocycles. The average Bonchev–Trinajstić information content (AvgIpc) is 3.64. The molecule has 3 aromatic carbocycles. The lowest BCUT2D eigenvalue weighted by atomic mass is 9.95. The van der Waals surface area contributed by atoms with Crippen LogP contribution in [0.25, 0.3) is 17.4 Å². The molecule has 226 valence electrons. The van der Waals surface area contributed by atoms with Crippen LogP contribution in [0.1, 0.15) is 24.3 Å². The first kappa shape index (κ1) is 29.3. The Kier molecular flexibility index (Phi) is 7.88. The minimum Gasteiger partial charge on any atom is -0.497 e. The number of thiazole rings is 1. The van der Waals surface area contributed by atoms with Crippen molar-refractivity contribution in [3.05, 3.63) is 137 Å². The Morgan fingerprint density at radius 1 is 1.04 bits per heavy atom. The zero-order valence-electron chi connectivity index (χ0n) is 24.3. The van der Waals surface area contributed by atoms with Gasteiger partial charge in [0.05, 0.1) is 46.6 Å². The van der Waals surface area contributed by atoms with Gasteiger partial charge in [0.15, 0.2) is 4.80 Å². The summed E-state index contributed by atoms with van der Waals surface area (Å²) >= 11 is 1.17. The van der Waals surface area contributed by atoms with Gasteiger partial charge in [-0.2, -0.15) is 0 Å². The molecular formula is C33H26N4O7S. The lowest BCUT2D eigenvalue weighted by Gasteiger charge is -2.25. The number of nitrogens with zero attached hydrogens (tertiary/aromatic N) is 3. The van der Waals surface area contributed by atoms with Crippen LogP contribution in [0.3, 0.4) is 0 Å². The van der Waals surface area contributed by atoms with Crippen LogP contribution in [-0.4, -0.2) is 29.6 Å². The second-order valence-electron chi connectivity index (χ2n) is 10.0. The molecule has 0 fully saturated rings. The number of anilines is 1. The molecule has 6 rings (SSSR count). The standard InChI is InChI=1S/C33H26N4O7S/c1-19-29(31(38)35-21-7-5-4-6-8-21)30(20-9-12-23(42-2)13-10-20)36-32(39)28(45-33(36)34-19)18-24-14-16-27(44-24)25-17-22(37(40)41)11-15-26(25)43-3/h4-18,30H,1-3H3,(H,35,38)/b28-18+/t30-/m0/s1. The van der Waals surface area contributed by atoms with E-state index in [1.54, 1.807) is 56.5 Å². The normalized spacial score (nSPS) is 14.5. The predicted molar refractivity (Wildman–Crippen MR) is 169 cm³/mol. The van der Waals surface area contributed by atoms with Crippen molar-refractivity contribution in [2.24, 2.45) is 4.99 Å². The summed E-state index contributed by atoms with van der Waals surface area (Å²) in [6.07, 6.45) is 1.59. The minimum absolute atomic E-state index is 0.113. The molecule has 0 saturated heterocycles. The van der Waals surface area contributed by atoms with Crippen LogP contribution in [0.4, 0.5) is 11.4 Å². The number of benzene rings is 3. The number of ether oxygens (including phenoxy) is 2. The van der Waals surface area contributed by atoms with E-state index >= 15 is 0 Å². The summed E-state index contributed by atoms with van der Waals surface area (Å²) in [6, 6.07) is 23.0. The summed E-state index contributed by atoms with van der Waals surface area (Å²) in [4.78, 5) is 43.7. The number of nitrogens with one attached hydrogen (secondary N) is 1. The number of aromatic nitrogens is 1. The molecular weight excluding hydrogens is 596 g/mol. The Bertz CT molecular complexity index is 2150. The number of hydrogen-bond donors (Lipinski definition) is 1. The van der Waals surface area contributed by atoms with Crippen LogP contribution in [0, 0.1) is 10.1 Å². The fourth-order valence-corrected chi connectivity index (χ4v) is 6.17. The Balaban J connectivity index is 1.44. The summed E-state index contributed by atoms with van der Waals surface area (Å²) in [5.74, 6) is 1.34. The van der Waals surface area contributed by atoms with Crippen molar-refractivity contribution < 1.29 is 23.6 Å². The summed E-state index contributed by atoms with van der Waals surface area (Å²) < 4.78 is 18.6. The number of carbonyl (C=O) groups is 1. The fourth-order valence-electron chi connectivity index (χ4n) is 5.14. The Morgan fingerprint density at radius 3 is 2.49 bits per heavy atom. The van der Waals surface area contributed by atoms with E-state index in [0.717, 1.165) is 0 Å². The number of nitro benzene ring substituents is 1. The molecule has 0 bridgehead atoms. The maximum absolute atomic E-state index is 14.0. The van der Waals surface area contributed by atoms with Crippen LogP contribution in [-0.2, 0) is 4.79 Å². The van der Waals surface area contributed by atoms with Crippen molar-refractivity contribution in [1.29, 1.82) is 0 Å². The van der Waals surface area contributed by atoms with Gasteiger partial charge in [-0.25, -0.2) is 4.99 Å². The first-order valence-electron chi connectivity index (χ1n) is 13.7. The molecule has 5 aromatic rings. The van der Waals surface area contributed by atoms with Gasteiger partial charge < -0.3 is 19.2 Å². The second-order valence-corrected chi connectivity index (χ2v) is 11.0. The summed E-state index contributed by atoms with van der Waals surface area (Å²) in [5.41, 5.74) is 2.06. The predicted octanol–water partition coefficient (Wildman–Crippen LogP) is 5.06.